The van der Waals surface area contributed by atoms with Crippen LogP contribution in [0.2, 0.25) is 0 Å². The molecule has 0 saturated heterocycles. The van der Waals surface area contributed by atoms with Crippen LogP contribution in [0.5, 0.6) is 0 Å². The molecule has 0 atom stereocenters. The molecule has 1 saturated carbocycles. The van der Waals surface area contributed by atoms with E-state index in [4.69, 9.17) is 5.10 Å². The fraction of sp³-hybridized carbons (Fsp3) is 0.270. The molecule has 3 aliphatic rings. The van der Waals surface area contributed by atoms with Crippen LogP contribution < -0.4 is 15.5 Å². The quantitative estimate of drug-likeness (QED) is 0.241. The van der Waals surface area contributed by atoms with E-state index < -0.39 is 0 Å². The van der Waals surface area contributed by atoms with Gasteiger partial charge in [-0.3, -0.25) is 9.89 Å². The van der Waals surface area contributed by atoms with E-state index in [1.54, 1.807) is 5.01 Å². The van der Waals surface area contributed by atoms with E-state index in [1.807, 2.05) is 41.3 Å². The first-order valence-corrected chi connectivity index (χ1v) is 15.7. The van der Waals surface area contributed by atoms with Crippen molar-refractivity contribution in [2.75, 3.05) is 23.3 Å². The number of hydrazone groups is 1. The van der Waals surface area contributed by atoms with Gasteiger partial charge in [0.05, 0.1) is 30.2 Å². The van der Waals surface area contributed by atoms with Crippen LogP contribution in [0.15, 0.2) is 107 Å². The Labute approximate surface area is 259 Å². The second kappa shape index (κ2) is 12.4. The predicted octanol–water partition coefficient (Wildman–Crippen LogP) is 8.09. The van der Waals surface area contributed by atoms with Crippen molar-refractivity contribution in [2.45, 2.75) is 45.6 Å². The van der Waals surface area contributed by atoms with Gasteiger partial charge in [0.2, 0.25) is 0 Å². The highest BCUT2D eigenvalue weighted by Gasteiger charge is 2.34. The fourth-order valence-corrected chi connectivity index (χ4v) is 6.63. The van der Waals surface area contributed by atoms with Crippen LogP contribution in [0.3, 0.4) is 0 Å². The van der Waals surface area contributed by atoms with Crippen LogP contribution in [-0.4, -0.2) is 35.8 Å². The summed E-state index contributed by atoms with van der Waals surface area (Å²) in [5.74, 6) is 1.09. The molecule has 4 aromatic carbocycles. The second-order valence-corrected chi connectivity index (χ2v) is 11.8. The third-order valence-electron chi connectivity index (χ3n) is 8.89. The molecule has 0 radical (unpaired) electrons. The molecule has 2 heterocycles. The summed E-state index contributed by atoms with van der Waals surface area (Å²) in [6.45, 7) is 4.11. The number of urea groups is 1. The Morgan fingerprint density at radius 1 is 0.818 bits per heavy atom. The normalized spacial score (nSPS) is 17.0. The Morgan fingerprint density at radius 3 is 2.27 bits per heavy atom. The number of aryl methyl sites for hydroxylation is 1. The topological polar surface area (TPSA) is 72.3 Å². The Hall–Kier alpha value is -4.91. The molecule has 2 N–H and O–H groups in total. The van der Waals surface area contributed by atoms with Gasteiger partial charge in [0.1, 0.15) is 0 Å². The summed E-state index contributed by atoms with van der Waals surface area (Å²) >= 11 is 0. The number of benzene rings is 4. The van der Waals surface area contributed by atoms with Crippen LogP contribution in [0.25, 0.3) is 11.1 Å². The molecule has 222 valence electrons. The van der Waals surface area contributed by atoms with Gasteiger partial charge in [-0.15, -0.1) is 0 Å². The molecule has 4 aromatic rings. The smallest absolute Gasteiger partial charge is 0.349 e. The van der Waals surface area contributed by atoms with E-state index in [9.17, 15) is 4.79 Å². The highest BCUT2D eigenvalue weighted by atomic mass is 16.2. The monoisotopic (exact) mass is 582 g/mol. The third-order valence-corrected chi connectivity index (χ3v) is 8.89. The lowest BCUT2D eigenvalue weighted by molar-refractivity contribution is 0.207. The number of rotatable bonds is 6. The molecule has 7 nitrogen and oxygen atoms in total. The zero-order valence-electron chi connectivity index (χ0n) is 25.2. The number of nitrogens with one attached hydrogen (secondary N) is 2. The summed E-state index contributed by atoms with van der Waals surface area (Å²) < 4.78 is 0. The van der Waals surface area contributed by atoms with Gasteiger partial charge in [-0.2, -0.15) is 5.10 Å². The van der Waals surface area contributed by atoms with Crippen molar-refractivity contribution in [3.63, 3.8) is 0 Å². The SMILES string of the molecule is Cc1ccccc1-c1ccccc1CN1N=C(C2CCCCC2)c2ccccc2N(c2ccc(NC3=NCCN3)cc2)C1=O. The standard InChI is InChI=1S/C37H38N6O/c1-26-11-5-7-15-31(26)32-16-8-6-14-28(32)25-42-37(44)43(30-21-19-29(20-22-30)40-36-38-23-24-39-36)34-18-10-9-17-33(34)35(41-42)27-12-3-2-4-13-27/h5-11,14-22,27H,2-4,12-13,23-25H2,1H3,(H2,38,39,40). The Bertz CT molecular complexity index is 1720. The number of anilines is 3. The molecule has 0 bridgehead atoms. The first-order valence-electron chi connectivity index (χ1n) is 15.7. The lowest BCUT2D eigenvalue weighted by atomic mass is 9.83. The van der Waals surface area contributed by atoms with Crippen molar-refractivity contribution in [2.24, 2.45) is 16.0 Å². The van der Waals surface area contributed by atoms with Gasteiger partial charge in [0, 0.05) is 23.7 Å². The summed E-state index contributed by atoms with van der Waals surface area (Å²) in [7, 11) is 0. The summed E-state index contributed by atoms with van der Waals surface area (Å²) in [5.41, 5.74) is 9.22. The largest absolute Gasteiger partial charge is 0.354 e. The molecule has 0 unspecified atom stereocenters. The highest BCUT2D eigenvalue weighted by Crippen LogP contribution is 2.38. The number of nitrogens with zero attached hydrogens (tertiary/aromatic N) is 4. The van der Waals surface area contributed by atoms with Gasteiger partial charge in [-0.05, 0) is 72.4 Å². The summed E-state index contributed by atoms with van der Waals surface area (Å²) in [4.78, 5) is 21.0. The molecule has 2 amide bonds. The van der Waals surface area contributed by atoms with Gasteiger partial charge in [0.25, 0.3) is 0 Å². The maximum Gasteiger partial charge on any atom is 0.349 e. The number of carbonyl (C=O) groups excluding carboxylic acids is 1. The first kappa shape index (κ1) is 27.9. The number of hydrogen-bond acceptors (Lipinski definition) is 5. The van der Waals surface area contributed by atoms with Crippen LogP contribution in [0.1, 0.15) is 48.8 Å². The third kappa shape index (κ3) is 5.57. The van der Waals surface area contributed by atoms with Crippen LogP contribution in [0.4, 0.5) is 21.9 Å². The van der Waals surface area contributed by atoms with Crippen molar-refractivity contribution in [3.05, 3.63) is 114 Å². The van der Waals surface area contributed by atoms with Crippen molar-refractivity contribution in [1.29, 1.82) is 0 Å². The molecule has 1 fully saturated rings. The van der Waals surface area contributed by atoms with Gasteiger partial charge in [0.15, 0.2) is 5.96 Å². The lowest BCUT2D eigenvalue weighted by Crippen LogP contribution is -2.37. The van der Waals surface area contributed by atoms with E-state index in [0.717, 1.165) is 71.4 Å². The Morgan fingerprint density at radius 2 is 1.52 bits per heavy atom. The predicted molar refractivity (Wildman–Crippen MR) is 180 cm³/mol. The van der Waals surface area contributed by atoms with Crippen LogP contribution >= 0.6 is 0 Å². The fourth-order valence-electron chi connectivity index (χ4n) is 6.63. The Kier molecular flexibility index (Phi) is 7.84. The second-order valence-electron chi connectivity index (χ2n) is 11.8. The molecule has 0 spiro atoms. The molecule has 7 heteroatoms. The van der Waals surface area contributed by atoms with Crippen molar-refractivity contribution >= 4 is 34.8 Å². The lowest BCUT2D eigenvalue weighted by Gasteiger charge is -2.27. The number of para-hydroxylation sites is 1. The van der Waals surface area contributed by atoms with E-state index >= 15 is 0 Å². The maximum absolute atomic E-state index is 14.7. The minimum absolute atomic E-state index is 0.162. The zero-order valence-corrected chi connectivity index (χ0v) is 25.2. The van der Waals surface area contributed by atoms with E-state index in [0.29, 0.717) is 12.5 Å². The summed E-state index contributed by atoms with van der Waals surface area (Å²) in [6.07, 6.45) is 5.81. The molecule has 2 aliphatic heterocycles. The number of amides is 2. The van der Waals surface area contributed by atoms with E-state index in [2.05, 4.69) is 83.2 Å². The molecule has 44 heavy (non-hydrogen) atoms. The average molecular weight is 583 g/mol. The van der Waals surface area contributed by atoms with Crippen LogP contribution in [0, 0.1) is 12.8 Å². The number of fused-ring (bicyclic) bond motifs is 1. The van der Waals surface area contributed by atoms with E-state index in [1.165, 1.54) is 30.4 Å². The molecular weight excluding hydrogens is 544 g/mol. The summed E-state index contributed by atoms with van der Waals surface area (Å²) in [6, 6.07) is 32.9. The molecule has 0 aromatic heterocycles. The first-order chi connectivity index (χ1) is 21.7. The molecule has 7 rings (SSSR count). The number of carbonyl (C=O) groups is 1. The average Bonchev–Trinajstić information content (AvgIpc) is 3.54. The van der Waals surface area contributed by atoms with Crippen LogP contribution in [-0.2, 0) is 6.54 Å². The minimum Gasteiger partial charge on any atom is -0.354 e. The minimum atomic E-state index is -0.162. The maximum atomic E-state index is 14.7. The van der Waals surface area contributed by atoms with Crippen molar-refractivity contribution in [1.82, 2.24) is 10.3 Å². The van der Waals surface area contributed by atoms with Gasteiger partial charge in [-0.25, -0.2) is 9.80 Å². The summed E-state index contributed by atoms with van der Waals surface area (Å²) in [5, 5.41) is 13.5. The highest BCUT2D eigenvalue weighted by molar-refractivity contribution is 6.14. The van der Waals surface area contributed by atoms with Gasteiger partial charge in [-0.1, -0.05) is 86.0 Å². The van der Waals surface area contributed by atoms with Crippen molar-refractivity contribution in [3.8, 4) is 11.1 Å². The molecule has 1 aliphatic carbocycles. The molecular formula is C37H38N6O. The van der Waals surface area contributed by atoms with Gasteiger partial charge >= 0.3 is 6.03 Å². The number of hydrogen-bond donors (Lipinski definition) is 2. The zero-order chi connectivity index (χ0) is 29.9. The number of guanidine groups is 1. The van der Waals surface area contributed by atoms with Gasteiger partial charge < -0.3 is 10.6 Å². The van der Waals surface area contributed by atoms with E-state index in [-0.39, 0.29) is 6.03 Å². The van der Waals surface area contributed by atoms with Crippen molar-refractivity contribution < 1.29 is 4.79 Å². The number of aliphatic imine (C=N–C) groups is 1. The Balaban J connectivity index is 1.31.